The fourth-order valence-electron chi connectivity index (χ4n) is 1.26. The fraction of sp³-hybridized carbons (Fsp3) is 0.364. The Morgan fingerprint density at radius 2 is 2.05 bits per heavy atom. The van der Waals surface area contributed by atoms with Gasteiger partial charge in [0.1, 0.15) is 0 Å². The number of carbonyl (C=O) groups excluding carboxylic acids is 1. The molecule has 1 atom stereocenters. The highest BCUT2D eigenvalue weighted by molar-refractivity contribution is 8.13. The molecule has 0 aromatic heterocycles. The first-order chi connectivity index (χ1) is 8.74. The van der Waals surface area contributed by atoms with Crippen molar-refractivity contribution in [2.45, 2.75) is 17.9 Å². The molecule has 0 bridgehead atoms. The molecule has 1 N–H and O–H groups in total. The summed E-state index contributed by atoms with van der Waals surface area (Å²) in [5, 5.41) is 2.71. The van der Waals surface area contributed by atoms with Crippen LogP contribution in [0.5, 0.6) is 0 Å². The molecule has 0 heterocycles. The van der Waals surface area contributed by atoms with Crippen LogP contribution in [0.15, 0.2) is 23.1 Å². The van der Waals surface area contributed by atoms with Crippen LogP contribution < -0.4 is 5.32 Å². The van der Waals surface area contributed by atoms with Crippen molar-refractivity contribution < 1.29 is 17.9 Å². The van der Waals surface area contributed by atoms with Gasteiger partial charge in [-0.15, -0.1) is 0 Å². The number of hydrogen-bond acceptors (Lipinski definition) is 4. The molecular formula is C11H13Cl2NO4S. The maximum atomic E-state index is 11.8. The van der Waals surface area contributed by atoms with Crippen molar-refractivity contribution in [3.63, 3.8) is 0 Å². The minimum Gasteiger partial charge on any atom is -0.380 e. The van der Waals surface area contributed by atoms with Gasteiger partial charge in [-0.25, -0.2) is 8.42 Å². The molecule has 0 spiro atoms. The van der Waals surface area contributed by atoms with Crippen LogP contribution in [0.4, 0.5) is 0 Å². The SMILES string of the molecule is COC(C)CNC(=O)c1cc(Cl)cc(S(=O)(=O)Cl)c1. The summed E-state index contributed by atoms with van der Waals surface area (Å²) in [6, 6.07) is 3.71. The third kappa shape index (κ3) is 4.99. The summed E-state index contributed by atoms with van der Waals surface area (Å²) >= 11 is 5.76. The van der Waals surface area contributed by atoms with Gasteiger partial charge in [0.15, 0.2) is 0 Å². The molecule has 1 rings (SSSR count). The van der Waals surface area contributed by atoms with E-state index >= 15 is 0 Å². The molecule has 19 heavy (non-hydrogen) atoms. The summed E-state index contributed by atoms with van der Waals surface area (Å²) in [6.45, 7) is 2.08. The van der Waals surface area contributed by atoms with Crippen LogP contribution in [0, 0.1) is 0 Å². The number of nitrogens with one attached hydrogen (secondary N) is 1. The van der Waals surface area contributed by atoms with Crippen molar-refractivity contribution in [3.8, 4) is 0 Å². The summed E-state index contributed by atoms with van der Waals surface area (Å²) < 4.78 is 27.4. The van der Waals surface area contributed by atoms with E-state index < -0.39 is 15.0 Å². The van der Waals surface area contributed by atoms with Gasteiger partial charge in [0.2, 0.25) is 0 Å². The number of ether oxygens (including phenoxy) is 1. The lowest BCUT2D eigenvalue weighted by atomic mass is 10.2. The monoisotopic (exact) mass is 325 g/mol. The summed E-state index contributed by atoms with van der Waals surface area (Å²) in [6.07, 6.45) is -0.153. The molecule has 0 aliphatic carbocycles. The highest BCUT2D eigenvalue weighted by Crippen LogP contribution is 2.22. The highest BCUT2D eigenvalue weighted by Gasteiger charge is 2.15. The second kappa shape index (κ2) is 6.56. The van der Waals surface area contributed by atoms with Crippen LogP contribution in [-0.2, 0) is 13.8 Å². The van der Waals surface area contributed by atoms with E-state index in [0.717, 1.165) is 0 Å². The Morgan fingerprint density at radius 1 is 1.42 bits per heavy atom. The van der Waals surface area contributed by atoms with Gasteiger partial charge < -0.3 is 10.1 Å². The van der Waals surface area contributed by atoms with Crippen molar-refractivity contribution >= 4 is 37.2 Å². The first-order valence-corrected chi connectivity index (χ1v) is 7.99. The van der Waals surface area contributed by atoms with E-state index in [2.05, 4.69) is 5.32 Å². The minimum atomic E-state index is -3.93. The Labute approximate surface area is 121 Å². The summed E-state index contributed by atoms with van der Waals surface area (Å²) in [5.41, 5.74) is 0.120. The molecule has 0 aliphatic rings. The number of hydrogen-bond donors (Lipinski definition) is 1. The Hall–Kier alpha value is -0.820. The molecule has 5 nitrogen and oxygen atoms in total. The van der Waals surface area contributed by atoms with Crippen molar-refractivity contribution in [1.29, 1.82) is 0 Å². The minimum absolute atomic E-state index is 0.117. The van der Waals surface area contributed by atoms with Crippen LogP contribution >= 0.6 is 22.3 Å². The fourth-order valence-corrected chi connectivity index (χ4v) is 2.36. The largest absolute Gasteiger partial charge is 0.380 e. The van der Waals surface area contributed by atoms with Crippen LogP contribution in [0.25, 0.3) is 0 Å². The van der Waals surface area contributed by atoms with E-state index in [1.807, 2.05) is 0 Å². The number of rotatable bonds is 5. The number of benzene rings is 1. The zero-order valence-corrected chi connectivity index (χ0v) is 12.6. The Bertz CT molecular complexity index is 574. The molecule has 0 saturated carbocycles. The molecule has 1 aromatic carbocycles. The Kier molecular flexibility index (Phi) is 5.61. The number of methoxy groups -OCH3 is 1. The molecule has 8 heteroatoms. The second-order valence-corrected chi connectivity index (χ2v) is 6.87. The highest BCUT2D eigenvalue weighted by atomic mass is 35.7. The third-order valence-electron chi connectivity index (χ3n) is 2.37. The van der Waals surface area contributed by atoms with E-state index in [1.54, 1.807) is 6.92 Å². The zero-order chi connectivity index (χ0) is 14.6. The van der Waals surface area contributed by atoms with E-state index in [4.69, 9.17) is 27.0 Å². The van der Waals surface area contributed by atoms with E-state index in [-0.39, 0.29) is 21.6 Å². The maximum absolute atomic E-state index is 11.8. The van der Waals surface area contributed by atoms with Crippen LogP contribution in [-0.4, -0.2) is 34.1 Å². The Balaban J connectivity index is 2.95. The number of halogens is 2. The number of carbonyl (C=O) groups is 1. The quantitative estimate of drug-likeness (QED) is 0.841. The zero-order valence-electron chi connectivity index (χ0n) is 10.3. The Morgan fingerprint density at radius 3 is 2.58 bits per heavy atom. The van der Waals surface area contributed by atoms with Gasteiger partial charge in [-0.3, -0.25) is 4.79 Å². The van der Waals surface area contributed by atoms with E-state index in [9.17, 15) is 13.2 Å². The lowest BCUT2D eigenvalue weighted by Gasteiger charge is -2.11. The summed E-state index contributed by atoms with van der Waals surface area (Å²) in [5.74, 6) is -0.451. The molecule has 0 radical (unpaired) electrons. The van der Waals surface area contributed by atoms with Gasteiger partial charge in [0.25, 0.3) is 15.0 Å². The predicted octanol–water partition coefficient (Wildman–Crippen LogP) is 2.03. The van der Waals surface area contributed by atoms with Crippen LogP contribution in [0.2, 0.25) is 5.02 Å². The lowest BCUT2D eigenvalue weighted by molar-refractivity contribution is 0.0870. The van der Waals surface area contributed by atoms with Crippen LogP contribution in [0.3, 0.4) is 0 Å². The van der Waals surface area contributed by atoms with Gasteiger partial charge in [-0.05, 0) is 25.1 Å². The van der Waals surface area contributed by atoms with Gasteiger partial charge in [0, 0.05) is 34.9 Å². The van der Waals surface area contributed by atoms with Gasteiger partial charge >= 0.3 is 0 Å². The molecule has 1 unspecified atom stereocenters. The molecule has 0 saturated heterocycles. The first-order valence-electron chi connectivity index (χ1n) is 5.30. The molecule has 1 aromatic rings. The predicted molar refractivity (Wildman–Crippen MR) is 73.3 cm³/mol. The smallest absolute Gasteiger partial charge is 0.261 e. The van der Waals surface area contributed by atoms with E-state index in [0.29, 0.717) is 6.54 Å². The molecule has 106 valence electrons. The molecule has 1 amide bonds. The summed E-state index contributed by atoms with van der Waals surface area (Å²) in [7, 11) is 2.81. The average Bonchev–Trinajstić information content (AvgIpc) is 2.33. The first kappa shape index (κ1) is 16.2. The van der Waals surface area contributed by atoms with Gasteiger partial charge in [-0.2, -0.15) is 0 Å². The second-order valence-electron chi connectivity index (χ2n) is 3.87. The topological polar surface area (TPSA) is 72.5 Å². The van der Waals surface area contributed by atoms with Crippen molar-refractivity contribution in [1.82, 2.24) is 5.32 Å². The summed E-state index contributed by atoms with van der Waals surface area (Å²) in [4.78, 5) is 11.6. The van der Waals surface area contributed by atoms with Crippen molar-refractivity contribution in [2.75, 3.05) is 13.7 Å². The van der Waals surface area contributed by atoms with Crippen molar-refractivity contribution in [2.24, 2.45) is 0 Å². The molecule has 0 aliphatic heterocycles. The van der Waals surface area contributed by atoms with E-state index in [1.165, 1.54) is 25.3 Å². The average molecular weight is 326 g/mol. The van der Waals surface area contributed by atoms with Crippen molar-refractivity contribution in [3.05, 3.63) is 28.8 Å². The van der Waals surface area contributed by atoms with Gasteiger partial charge in [0.05, 0.1) is 11.0 Å². The maximum Gasteiger partial charge on any atom is 0.261 e. The third-order valence-corrected chi connectivity index (χ3v) is 3.92. The van der Waals surface area contributed by atoms with Crippen LogP contribution in [0.1, 0.15) is 17.3 Å². The lowest BCUT2D eigenvalue weighted by Crippen LogP contribution is -2.31. The molecular weight excluding hydrogens is 313 g/mol. The normalized spacial score (nSPS) is 13.1. The number of amides is 1. The standard InChI is InChI=1S/C11H13Cl2NO4S/c1-7(18-2)6-14-11(15)8-3-9(12)5-10(4-8)19(13,16)17/h3-5,7H,6H2,1-2H3,(H,14,15). The molecule has 0 fully saturated rings. The van der Waals surface area contributed by atoms with Gasteiger partial charge in [-0.1, -0.05) is 11.6 Å².